The highest BCUT2D eigenvalue weighted by atomic mass is 35.5. The van der Waals surface area contributed by atoms with Gasteiger partial charge in [-0.1, -0.05) is 41.4 Å². The minimum Gasteiger partial charge on any atom is -0.457 e. The fourth-order valence-corrected chi connectivity index (χ4v) is 3.41. The Morgan fingerprint density at radius 2 is 1.53 bits per heavy atom. The van der Waals surface area contributed by atoms with Crippen LogP contribution in [0, 0.1) is 0 Å². The van der Waals surface area contributed by atoms with Gasteiger partial charge in [-0.25, -0.2) is 15.0 Å². The lowest BCUT2D eigenvalue weighted by molar-refractivity contribution is 0.483. The fraction of sp³-hybridized carbons (Fsp3) is 0. The van der Waals surface area contributed by atoms with E-state index in [9.17, 15) is 0 Å². The minimum atomic E-state index is 0. The van der Waals surface area contributed by atoms with Gasteiger partial charge >= 0.3 is 0 Å². The molecule has 9 heteroatoms. The van der Waals surface area contributed by atoms with Crippen molar-refractivity contribution in [3.05, 3.63) is 95.5 Å². The molecule has 0 aliphatic carbocycles. The third-order valence-corrected chi connectivity index (χ3v) is 5.35. The molecule has 3 aromatic carbocycles. The number of hydrogen-bond donors (Lipinski definition) is 1. The Kier molecular flexibility index (Phi) is 6.46. The number of aromatic nitrogens is 4. The lowest BCUT2D eigenvalue weighted by Crippen LogP contribution is -1.98. The molecule has 0 saturated carbocycles. The predicted octanol–water partition coefficient (Wildman–Crippen LogP) is 7.08. The Bertz CT molecular complexity index is 1360. The summed E-state index contributed by atoms with van der Waals surface area (Å²) in [5.74, 6) is 2.13. The maximum Gasteiger partial charge on any atom is 0.170 e. The maximum atomic E-state index is 6.16. The standard InChI is InChI=1S/C23H15Cl2N5O.ClH/c24-19-11-8-16(12-20(19)25)30-14-28-21-22(26-13-27-23(21)30)29-15-6-9-18(10-7-15)31-17-4-2-1-3-5-17;/h1-14H,(H,26,27,29);1H. The molecule has 0 fully saturated rings. The molecule has 0 aliphatic heterocycles. The number of nitrogens with zero attached hydrogens (tertiary/aromatic N) is 4. The molecule has 0 saturated heterocycles. The zero-order valence-electron chi connectivity index (χ0n) is 16.4. The molecule has 5 rings (SSSR count). The lowest BCUT2D eigenvalue weighted by atomic mass is 10.3. The Balaban J connectivity index is 0.00000245. The van der Waals surface area contributed by atoms with Crippen molar-refractivity contribution in [1.29, 1.82) is 0 Å². The largest absolute Gasteiger partial charge is 0.457 e. The fourth-order valence-electron chi connectivity index (χ4n) is 3.12. The summed E-state index contributed by atoms with van der Waals surface area (Å²) in [6.07, 6.45) is 3.17. The molecule has 0 unspecified atom stereocenters. The molecule has 5 aromatic rings. The van der Waals surface area contributed by atoms with Gasteiger partial charge < -0.3 is 10.1 Å². The van der Waals surface area contributed by atoms with Crippen LogP contribution in [0.2, 0.25) is 10.0 Å². The van der Waals surface area contributed by atoms with E-state index in [1.54, 1.807) is 18.5 Å². The van der Waals surface area contributed by atoms with Crippen LogP contribution in [0.3, 0.4) is 0 Å². The maximum absolute atomic E-state index is 6.16. The summed E-state index contributed by atoms with van der Waals surface area (Å²) in [5.41, 5.74) is 2.95. The highest BCUT2D eigenvalue weighted by Crippen LogP contribution is 2.29. The van der Waals surface area contributed by atoms with Crippen LogP contribution in [0.4, 0.5) is 11.5 Å². The Labute approximate surface area is 200 Å². The summed E-state index contributed by atoms with van der Waals surface area (Å²) in [7, 11) is 0. The second kappa shape index (κ2) is 9.44. The van der Waals surface area contributed by atoms with Crippen molar-refractivity contribution in [3.63, 3.8) is 0 Å². The van der Waals surface area contributed by atoms with Crippen LogP contribution < -0.4 is 10.1 Å². The summed E-state index contributed by atoms with van der Waals surface area (Å²) < 4.78 is 7.67. The summed E-state index contributed by atoms with van der Waals surface area (Å²) in [6, 6.07) is 22.6. The van der Waals surface area contributed by atoms with Gasteiger partial charge in [0.05, 0.1) is 15.7 Å². The molecule has 6 nitrogen and oxygen atoms in total. The van der Waals surface area contributed by atoms with Crippen molar-refractivity contribution in [3.8, 4) is 17.2 Å². The lowest BCUT2D eigenvalue weighted by Gasteiger charge is -2.09. The van der Waals surface area contributed by atoms with E-state index in [-0.39, 0.29) is 12.4 Å². The van der Waals surface area contributed by atoms with Crippen LogP contribution in [0.5, 0.6) is 11.5 Å². The Morgan fingerprint density at radius 3 is 2.28 bits per heavy atom. The van der Waals surface area contributed by atoms with Crippen molar-refractivity contribution >= 4 is 58.3 Å². The van der Waals surface area contributed by atoms with Crippen LogP contribution in [0.1, 0.15) is 0 Å². The first kappa shape index (κ1) is 21.9. The summed E-state index contributed by atoms with van der Waals surface area (Å²) in [4.78, 5) is 13.2. The van der Waals surface area contributed by atoms with E-state index in [1.165, 1.54) is 6.33 Å². The van der Waals surface area contributed by atoms with E-state index in [0.717, 1.165) is 22.9 Å². The first-order chi connectivity index (χ1) is 15.2. The third kappa shape index (κ3) is 4.48. The van der Waals surface area contributed by atoms with Gasteiger partial charge in [0.25, 0.3) is 0 Å². The summed E-state index contributed by atoms with van der Waals surface area (Å²) >= 11 is 12.2. The van der Waals surface area contributed by atoms with Crippen LogP contribution in [0.15, 0.2) is 85.5 Å². The molecule has 0 radical (unpaired) electrons. The topological polar surface area (TPSA) is 64.9 Å². The van der Waals surface area contributed by atoms with Crippen LogP contribution in [0.25, 0.3) is 16.9 Å². The smallest absolute Gasteiger partial charge is 0.170 e. The normalized spacial score (nSPS) is 10.6. The molecule has 0 spiro atoms. The molecule has 0 amide bonds. The highest BCUT2D eigenvalue weighted by Gasteiger charge is 2.12. The SMILES string of the molecule is Cl.Clc1ccc(-n2cnc3c(Nc4ccc(Oc5ccccc5)cc4)ncnc32)cc1Cl. The van der Waals surface area contributed by atoms with Gasteiger partial charge in [0.15, 0.2) is 17.0 Å². The molecular weight excluding hydrogens is 469 g/mol. The van der Waals surface area contributed by atoms with Crippen LogP contribution in [-0.4, -0.2) is 19.5 Å². The highest BCUT2D eigenvalue weighted by molar-refractivity contribution is 6.42. The van der Waals surface area contributed by atoms with Crippen molar-refractivity contribution in [2.24, 2.45) is 0 Å². The predicted molar refractivity (Wildman–Crippen MR) is 130 cm³/mol. The molecule has 1 N–H and O–H groups in total. The van der Waals surface area contributed by atoms with Crippen LogP contribution >= 0.6 is 35.6 Å². The number of hydrogen-bond acceptors (Lipinski definition) is 5. The number of imidazole rings is 1. The van der Waals surface area contributed by atoms with Gasteiger partial charge in [-0.3, -0.25) is 4.57 Å². The van der Waals surface area contributed by atoms with E-state index >= 15 is 0 Å². The van der Waals surface area contributed by atoms with Crippen molar-refractivity contribution in [2.75, 3.05) is 5.32 Å². The van der Waals surface area contributed by atoms with Gasteiger partial charge in [-0.05, 0) is 54.6 Å². The quantitative estimate of drug-likeness (QED) is 0.289. The molecular formula is C23H16Cl3N5O. The number of halogens is 3. The summed E-state index contributed by atoms with van der Waals surface area (Å²) in [5, 5.41) is 4.25. The van der Waals surface area contributed by atoms with E-state index in [1.807, 2.05) is 65.2 Å². The van der Waals surface area contributed by atoms with Gasteiger partial charge in [0.1, 0.15) is 24.2 Å². The number of benzene rings is 3. The third-order valence-electron chi connectivity index (χ3n) is 4.61. The van der Waals surface area contributed by atoms with Gasteiger partial charge in [-0.15, -0.1) is 12.4 Å². The molecule has 32 heavy (non-hydrogen) atoms. The van der Waals surface area contributed by atoms with E-state index in [2.05, 4.69) is 20.3 Å². The first-order valence-corrected chi connectivity index (χ1v) is 10.2. The average molecular weight is 485 g/mol. The molecule has 0 aliphatic rings. The zero-order chi connectivity index (χ0) is 21.2. The summed E-state index contributed by atoms with van der Waals surface area (Å²) in [6.45, 7) is 0. The number of anilines is 2. The molecule has 2 aromatic heterocycles. The second-order valence-electron chi connectivity index (χ2n) is 6.67. The number of para-hydroxylation sites is 1. The molecule has 160 valence electrons. The van der Waals surface area contributed by atoms with E-state index in [0.29, 0.717) is 27.0 Å². The first-order valence-electron chi connectivity index (χ1n) is 9.41. The molecule has 0 atom stereocenters. The van der Waals surface area contributed by atoms with Gasteiger partial charge in [-0.2, -0.15) is 0 Å². The molecule has 0 bridgehead atoms. The van der Waals surface area contributed by atoms with Crippen LogP contribution in [-0.2, 0) is 0 Å². The number of nitrogens with one attached hydrogen (secondary N) is 1. The van der Waals surface area contributed by atoms with Crippen molar-refractivity contribution < 1.29 is 4.74 Å². The Morgan fingerprint density at radius 1 is 0.781 bits per heavy atom. The monoisotopic (exact) mass is 483 g/mol. The van der Waals surface area contributed by atoms with Crippen molar-refractivity contribution in [2.45, 2.75) is 0 Å². The van der Waals surface area contributed by atoms with Gasteiger partial charge in [0.2, 0.25) is 0 Å². The second-order valence-corrected chi connectivity index (χ2v) is 7.49. The zero-order valence-corrected chi connectivity index (χ0v) is 18.8. The number of fused-ring (bicyclic) bond motifs is 1. The number of ether oxygens (including phenoxy) is 1. The molecule has 2 heterocycles. The van der Waals surface area contributed by atoms with E-state index < -0.39 is 0 Å². The average Bonchev–Trinajstić information content (AvgIpc) is 3.23. The minimum absolute atomic E-state index is 0. The Hall–Kier alpha value is -3.32. The van der Waals surface area contributed by atoms with E-state index in [4.69, 9.17) is 27.9 Å². The van der Waals surface area contributed by atoms with Gasteiger partial charge in [0, 0.05) is 5.69 Å². The van der Waals surface area contributed by atoms with Crippen molar-refractivity contribution in [1.82, 2.24) is 19.5 Å². The number of rotatable bonds is 5.